The fourth-order valence-electron chi connectivity index (χ4n) is 2.62. The zero-order valence-corrected chi connectivity index (χ0v) is 11.0. The Kier molecular flexibility index (Phi) is 3.27. The van der Waals surface area contributed by atoms with Gasteiger partial charge in [-0.05, 0) is 12.8 Å². The minimum absolute atomic E-state index is 0.176. The maximum Gasteiger partial charge on any atom is 0.410 e. The van der Waals surface area contributed by atoms with Crippen molar-refractivity contribution in [3.05, 3.63) is 5.89 Å². The zero-order valence-electron chi connectivity index (χ0n) is 11.0. The predicted molar refractivity (Wildman–Crippen MR) is 67.0 cm³/mol. The van der Waals surface area contributed by atoms with Crippen LogP contribution in [0.3, 0.4) is 0 Å². The van der Waals surface area contributed by atoms with Crippen molar-refractivity contribution < 1.29 is 13.9 Å². The van der Waals surface area contributed by atoms with Gasteiger partial charge in [-0.1, -0.05) is 12.0 Å². The van der Waals surface area contributed by atoms with Gasteiger partial charge < -0.3 is 19.0 Å². The van der Waals surface area contributed by atoms with Crippen LogP contribution in [0.2, 0.25) is 0 Å². The molecule has 3 heterocycles. The Morgan fingerprint density at radius 2 is 2.05 bits per heavy atom. The third kappa shape index (κ3) is 2.36. The van der Waals surface area contributed by atoms with Crippen LogP contribution in [0.1, 0.15) is 25.7 Å². The molecule has 0 spiro atoms. The van der Waals surface area contributed by atoms with Gasteiger partial charge in [0, 0.05) is 25.6 Å². The second kappa shape index (κ2) is 5.07. The van der Waals surface area contributed by atoms with Crippen LogP contribution < -0.4 is 4.90 Å². The van der Waals surface area contributed by atoms with E-state index in [1.807, 2.05) is 11.8 Å². The quantitative estimate of drug-likeness (QED) is 0.814. The predicted octanol–water partition coefficient (Wildman–Crippen LogP) is 1.05. The lowest BCUT2D eigenvalue weighted by Crippen LogP contribution is -2.45. The van der Waals surface area contributed by atoms with Crippen LogP contribution in [0.5, 0.6) is 0 Å². The van der Waals surface area contributed by atoms with Crippen LogP contribution in [0.25, 0.3) is 0 Å². The topological polar surface area (TPSA) is 71.7 Å². The highest BCUT2D eigenvalue weighted by molar-refractivity contribution is 5.69. The Labute approximate surface area is 111 Å². The molecule has 0 saturated carbocycles. The highest BCUT2D eigenvalue weighted by Crippen LogP contribution is 2.23. The van der Waals surface area contributed by atoms with Gasteiger partial charge in [-0.3, -0.25) is 0 Å². The van der Waals surface area contributed by atoms with Gasteiger partial charge >= 0.3 is 12.1 Å². The molecular formula is C12H18N4O3. The van der Waals surface area contributed by atoms with Crippen LogP contribution in [0.4, 0.5) is 10.8 Å². The Bertz CT molecular complexity index is 454. The van der Waals surface area contributed by atoms with Crippen molar-refractivity contribution >= 4 is 12.1 Å². The van der Waals surface area contributed by atoms with Gasteiger partial charge in [-0.25, -0.2) is 4.79 Å². The molecule has 2 saturated heterocycles. The molecule has 2 aliphatic rings. The highest BCUT2D eigenvalue weighted by Gasteiger charge is 2.33. The molecule has 0 atom stereocenters. The standard InChI is InChI=1S/C12H18N4O3/c1-2-10-13-14-11(19-10)15-5-3-9(4-6-15)16-7-8-18-12(16)17/h9H,2-8H2,1H3. The summed E-state index contributed by atoms with van der Waals surface area (Å²) in [5, 5.41) is 8.03. The first kappa shape index (κ1) is 12.3. The van der Waals surface area contributed by atoms with Gasteiger partial charge in [0.15, 0.2) is 0 Å². The number of piperidine rings is 1. The molecule has 2 aliphatic heterocycles. The fourth-order valence-corrected chi connectivity index (χ4v) is 2.62. The lowest BCUT2D eigenvalue weighted by molar-refractivity contribution is 0.142. The number of anilines is 1. The van der Waals surface area contributed by atoms with Crippen molar-refractivity contribution in [3.8, 4) is 0 Å². The Morgan fingerprint density at radius 1 is 1.26 bits per heavy atom. The van der Waals surface area contributed by atoms with Crippen molar-refractivity contribution in [2.75, 3.05) is 31.1 Å². The number of cyclic esters (lactones) is 1. The monoisotopic (exact) mass is 266 g/mol. The van der Waals surface area contributed by atoms with Crippen LogP contribution >= 0.6 is 0 Å². The molecule has 0 unspecified atom stereocenters. The van der Waals surface area contributed by atoms with Gasteiger partial charge in [-0.15, -0.1) is 5.10 Å². The normalized spacial score (nSPS) is 21.0. The molecule has 0 bridgehead atoms. The molecule has 0 aliphatic carbocycles. The second-order valence-electron chi connectivity index (χ2n) is 4.86. The van der Waals surface area contributed by atoms with E-state index in [4.69, 9.17) is 9.15 Å². The summed E-state index contributed by atoms with van der Waals surface area (Å²) in [5.41, 5.74) is 0. The summed E-state index contributed by atoms with van der Waals surface area (Å²) in [6.45, 7) is 4.88. The maximum atomic E-state index is 11.5. The van der Waals surface area contributed by atoms with Crippen molar-refractivity contribution in [2.24, 2.45) is 0 Å². The zero-order chi connectivity index (χ0) is 13.2. The van der Waals surface area contributed by atoms with E-state index < -0.39 is 0 Å². The van der Waals surface area contributed by atoms with Gasteiger partial charge in [0.1, 0.15) is 6.61 Å². The summed E-state index contributed by atoms with van der Waals surface area (Å²) in [7, 11) is 0. The molecular weight excluding hydrogens is 248 g/mol. The van der Waals surface area contributed by atoms with E-state index in [1.165, 1.54) is 0 Å². The van der Waals surface area contributed by atoms with Crippen molar-refractivity contribution in [1.82, 2.24) is 15.1 Å². The third-order valence-electron chi connectivity index (χ3n) is 3.73. The second-order valence-corrected chi connectivity index (χ2v) is 4.86. The number of hydrogen-bond donors (Lipinski definition) is 0. The summed E-state index contributed by atoms with van der Waals surface area (Å²) in [6, 6.07) is 0.874. The van der Waals surface area contributed by atoms with Crippen molar-refractivity contribution in [1.29, 1.82) is 0 Å². The average Bonchev–Trinajstić information content (AvgIpc) is 3.07. The highest BCUT2D eigenvalue weighted by atomic mass is 16.6. The molecule has 1 amide bonds. The molecule has 0 radical (unpaired) electrons. The number of carbonyl (C=O) groups excluding carboxylic acids is 1. The first-order chi connectivity index (χ1) is 9.28. The van der Waals surface area contributed by atoms with Crippen LogP contribution in [-0.2, 0) is 11.2 Å². The minimum Gasteiger partial charge on any atom is -0.448 e. The number of carbonyl (C=O) groups is 1. The van der Waals surface area contributed by atoms with Crippen LogP contribution in [0.15, 0.2) is 4.42 Å². The van der Waals surface area contributed by atoms with Crippen molar-refractivity contribution in [3.63, 3.8) is 0 Å². The Morgan fingerprint density at radius 3 is 2.63 bits per heavy atom. The number of nitrogens with zero attached hydrogens (tertiary/aromatic N) is 4. The molecule has 7 heteroatoms. The number of ether oxygens (including phenoxy) is 1. The number of aryl methyl sites for hydroxylation is 1. The summed E-state index contributed by atoms with van der Waals surface area (Å²) in [6.07, 6.45) is 2.41. The van der Waals surface area contributed by atoms with E-state index in [0.717, 1.165) is 32.4 Å². The van der Waals surface area contributed by atoms with Gasteiger partial charge in [-0.2, -0.15) is 0 Å². The number of amides is 1. The molecule has 1 aromatic rings. The first-order valence-corrected chi connectivity index (χ1v) is 6.78. The van der Waals surface area contributed by atoms with E-state index in [-0.39, 0.29) is 12.1 Å². The lowest BCUT2D eigenvalue weighted by Gasteiger charge is -2.34. The van der Waals surface area contributed by atoms with E-state index in [2.05, 4.69) is 15.1 Å². The maximum absolute atomic E-state index is 11.5. The summed E-state index contributed by atoms with van der Waals surface area (Å²) in [4.78, 5) is 15.4. The third-order valence-corrected chi connectivity index (χ3v) is 3.73. The van der Waals surface area contributed by atoms with E-state index in [0.29, 0.717) is 25.1 Å². The molecule has 0 N–H and O–H groups in total. The van der Waals surface area contributed by atoms with E-state index >= 15 is 0 Å². The number of hydrogen-bond acceptors (Lipinski definition) is 6. The Balaban J connectivity index is 1.58. The molecule has 7 nitrogen and oxygen atoms in total. The molecule has 3 rings (SSSR count). The van der Waals surface area contributed by atoms with E-state index in [9.17, 15) is 4.79 Å². The van der Waals surface area contributed by atoms with Crippen LogP contribution in [-0.4, -0.2) is 53.5 Å². The van der Waals surface area contributed by atoms with Gasteiger partial charge in [0.25, 0.3) is 0 Å². The van der Waals surface area contributed by atoms with Gasteiger partial charge in [0.05, 0.1) is 6.54 Å². The Hall–Kier alpha value is -1.79. The smallest absolute Gasteiger partial charge is 0.410 e. The molecule has 19 heavy (non-hydrogen) atoms. The molecule has 2 fully saturated rings. The largest absolute Gasteiger partial charge is 0.448 e. The molecule has 1 aromatic heterocycles. The molecule has 0 aromatic carbocycles. The van der Waals surface area contributed by atoms with Crippen molar-refractivity contribution in [2.45, 2.75) is 32.2 Å². The SMILES string of the molecule is CCc1nnc(N2CCC(N3CCOC3=O)CC2)o1. The van der Waals surface area contributed by atoms with Gasteiger partial charge in [0.2, 0.25) is 5.89 Å². The lowest BCUT2D eigenvalue weighted by atomic mass is 10.0. The first-order valence-electron chi connectivity index (χ1n) is 6.78. The fraction of sp³-hybridized carbons (Fsp3) is 0.750. The number of aromatic nitrogens is 2. The summed E-state index contributed by atoms with van der Waals surface area (Å²) >= 11 is 0. The summed E-state index contributed by atoms with van der Waals surface area (Å²) in [5.74, 6) is 0.667. The summed E-state index contributed by atoms with van der Waals surface area (Å²) < 4.78 is 10.5. The number of rotatable bonds is 3. The van der Waals surface area contributed by atoms with E-state index in [1.54, 1.807) is 0 Å². The average molecular weight is 266 g/mol. The molecule has 104 valence electrons. The minimum atomic E-state index is -0.176. The van der Waals surface area contributed by atoms with Crippen LogP contribution in [0, 0.1) is 0 Å².